The van der Waals surface area contributed by atoms with Crippen molar-refractivity contribution in [1.82, 2.24) is 0 Å². The number of hydrogen-bond donors (Lipinski definition) is 2. The Bertz CT molecular complexity index is 613. The quantitative estimate of drug-likeness (QED) is 0.649. The van der Waals surface area contributed by atoms with E-state index in [9.17, 15) is 4.79 Å². The molecule has 0 radical (unpaired) electrons. The van der Waals surface area contributed by atoms with Crippen LogP contribution in [0.2, 0.25) is 0 Å². The van der Waals surface area contributed by atoms with Gasteiger partial charge in [-0.25, -0.2) is 0 Å². The van der Waals surface area contributed by atoms with Crippen molar-refractivity contribution in [3.8, 4) is 0 Å². The molecule has 2 aromatic carbocycles. The number of anilines is 1. The lowest BCUT2D eigenvalue weighted by Crippen LogP contribution is -2.45. The van der Waals surface area contributed by atoms with Crippen LogP contribution in [0.25, 0.3) is 0 Å². The van der Waals surface area contributed by atoms with Gasteiger partial charge in [-0.3, -0.25) is 4.79 Å². The molecule has 0 aliphatic rings. The molecule has 4 nitrogen and oxygen atoms in total. The fourth-order valence-corrected chi connectivity index (χ4v) is 2.57. The summed E-state index contributed by atoms with van der Waals surface area (Å²) in [5.74, 6) is -0.335. The maximum absolute atomic E-state index is 12.4. The van der Waals surface area contributed by atoms with Gasteiger partial charge in [-0.15, -0.1) is 0 Å². The number of nitrogens with two attached hydrogens (primary N) is 2. The summed E-state index contributed by atoms with van der Waals surface area (Å²) in [6.07, 6.45) is 0.450. The maximum atomic E-state index is 12.4. The average Bonchev–Trinajstić information content (AvgIpc) is 2.53. The molecule has 0 saturated heterocycles. The Morgan fingerprint density at radius 1 is 1.14 bits per heavy atom. The number of carbonyl (C=O) groups excluding carboxylic acids is 1. The third-order valence-electron chi connectivity index (χ3n) is 3.71. The topological polar surface area (TPSA) is 78.3 Å². The van der Waals surface area contributed by atoms with Gasteiger partial charge in [-0.2, -0.15) is 0 Å². The summed E-state index contributed by atoms with van der Waals surface area (Å²) >= 11 is 0. The number of nitrogen functional groups attached to an aromatic ring is 1. The second-order valence-corrected chi connectivity index (χ2v) is 5.07. The number of methoxy groups -OCH3 is 1. The minimum atomic E-state index is -0.899. The molecule has 0 bridgehead atoms. The molecule has 110 valence electrons. The minimum absolute atomic E-state index is 0.165. The Morgan fingerprint density at radius 3 is 2.43 bits per heavy atom. The zero-order valence-electron chi connectivity index (χ0n) is 12.1. The first-order valence-corrected chi connectivity index (χ1v) is 6.81. The molecule has 2 rings (SSSR count). The van der Waals surface area contributed by atoms with Crippen LogP contribution >= 0.6 is 0 Å². The first-order chi connectivity index (χ1) is 10.1. The van der Waals surface area contributed by atoms with E-state index in [0.29, 0.717) is 12.1 Å². The fourth-order valence-electron chi connectivity index (χ4n) is 2.57. The van der Waals surface area contributed by atoms with E-state index in [0.717, 1.165) is 11.1 Å². The van der Waals surface area contributed by atoms with Crippen LogP contribution < -0.4 is 11.5 Å². The van der Waals surface area contributed by atoms with Crippen molar-refractivity contribution in [2.24, 2.45) is 5.73 Å². The van der Waals surface area contributed by atoms with E-state index in [1.54, 1.807) is 0 Å². The van der Waals surface area contributed by atoms with E-state index < -0.39 is 5.41 Å². The lowest BCUT2D eigenvalue weighted by Gasteiger charge is -2.30. The summed E-state index contributed by atoms with van der Waals surface area (Å²) in [6.45, 7) is 0.165. The normalized spacial score (nSPS) is 13.4. The van der Waals surface area contributed by atoms with Crippen molar-refractivity contribution in [3.05, 3.63) is 65.7 Å². The highest BCUT2D eigenvalue weighted by molar-refractivity contribution is 5.84. The smallest absolute Gasteiger partial charge is 0.317 e. The molecule has 0 aromatic heterocycles. The maximum Gasteiger partial charge on any atom is 0.317 e. The van der Waals surface area contributed by atoms with Gasteiger partial charge in [0.15, 0.2) is 0 Å². The number of benzene rings is 2. The molecule has 21 heavy (non-hydrogen) atoms. The Labute approximate surface area is 124 Å². The van der Waals surface area contributed by atoms with Gasteiger partial charge in [-0.1, -0.05) is 42.5 Å². The number of rotatable bonds is 5. The van der Waals surface area contributed by atoms with E-state index in [1.165, 1.54) is 7.11 Å². The number of carbonyl (C=O) groups is 1. The summed E-state index contributed by atoms with van der Waals surface area (Å²) in [5.41, 5.74) is 13.4. The van der Waals surface area contributed by atoms with Crippen LogP contribution in [-0.2, 0) is 21.4 Å². The monoisotopic (exact) mass is 284 g/mol. The largest absolute Gasteiger partial charge is 0.468 e. The first kappa shape index (κ1) is 15.1. The Kier molecular flexibility index (Phi) is 4.60. The fraction of sp³-hybridized carbons (Fsp3) is 0.235. The number of ether oxygens (including phenoxy) is 1. The molecular weight excluding hydrogens is 264 g/mol. The zero-order valence-corrected chi connectivity index (χ0v) is 12.1. The van der Waals surface area contributed by atoms with Gasteiger partial charge in [-0.05, 0) is 29.7 Å². The molecule has 0 aliphatic heterocycles. The summed E-state index contributed by atoms with van der Waals surface area (Å²) in [5, 5.41) is 0. The van der Waals surface area contributed by atoms with Gasteiger partial charge < -0.3 is 16.2 Å². The summed E-state index contributed by atoms with van der Waals surface area (Å²) in [4.78, 5) is 12.4. The van der Waals surface area contributed by atoms with Gasteiger partial charge in [0, 0.05) is 12.2 Å². The third-order valence-corrected chi connectivity index (χ3v) is 3.71. The standard InChI is InChI=1S/C17H20N2O2/c1-21-16(20)17(12-18,14-7-3-2-4-8-14)11-13-6-5-9-15(19)10-13/h2-10H,11-12,18-19H2,1H3. The van der Waals surface area contributed by atoms with Crippen molar-refractivity contribution in [2.75, 3.05) is 19.4 Å². The van der Waals surface area contributed by atoms with Crippen LogP contribution in [0.4, 0.5) is 5.69 Å². The third kappa shape index (κ3) is 3.06. The number of hydrogen-bond acceptors (Lipinski definition) is 4. The number of esters is 1. The van der Waals surface area contributed by atoms with Gasteiger partial charge in [0.05, 0.1) is 7.11 Å². The molecule has 0 fully saturated rings. The summed E-state index contributed by atoms with van der Waals surface area (Å²) < 4.78 is 5.01. The second kappa shape index (κ2) is 6.41. The molecule has 0 aliphatic carbocycles. The van der Waals surface area contributed by atoms with E-state index in [1.807, 2.05) is 54.6 Å². The van der Waals surface area contributed by atoms with Crippen molar-refractivity contribution < 1.29 is 9.53 Å². The van der Waals surface area contributed by atoms with Gasteiger partial charge in [0.2, 0.25) is 0 Å². The second-order valence-electron chi connectivity index (χ2n) is 5.07. The molecule has 2 aromatic rings. The molecule has 1 unspecified atom stereocenters. The zero-order chi connectivity index (χ0) is 15.3. The van der Waals surface area contributed by atoms with Crippen LogP contribution in [0, 0.1) is 0 Å². The predicted octanol–water partition coefficient (Wildman–Crippen LogP) is 1.88. The molecule has 4 heteroatoms. The predicted molar refractivity (Wildman–Crippen MR) is 83.7 cm³/mol. The molecule has 0 spiro atoms. The van der Waals surface area contributed by atoms with Crippen LogP contribution in [0.5, 0.6) is 0 Å². The van der Waals surface area contributed by atoms with Gasteiger partial charge in [0.25, 0.3) is 0 Å². The van der Waals surface area contributed by atoms with Crippen LogP contribution in [0.1, 0.15) is 11.1 Å². The van der Waals surface area contributed by atoms with E-state index in [4.69, 9.17) is 16.2 Å². The molecule has 1 atom stereocenters. The van der Waals surface area contributed by atoms with Crippen LogP contribution in [-0.4, -0.2) is 19.6 Å². The highest BCUT2D eigenvalue weighted by Crippen LogP contribution is 2.29. The molecule has 4 N–H and O–H groups in total. The lowest BCUT2D eigenvalue weighted by atomic mass is 9.75. The van der Waals surface area contributed by atoms with E-state index >= 15 is 0 Å². The average molecular weight is 284 g/mol. The molecule has 0 saturated carbocycles. The van der Waals surface area contributed by atoms with Crippen molar-refractivity contribution >= 4 is 11.7 Å². The minimum Gasteiger partial charge on any atom is -0.468 e. The summed E-state index contributed by atoms with van der Waals surface area (Å²) in [6, 6.07) is 17.0. The first-order valence-electron chi connectivity index (χ1n) is 6.81. The van der Waals surface area contributed by atoms with Crippen molar-refractivity contribution in [1.29, 1.82) is 0 Å². The van der Waals surface area contributed by atoms with Crippen molar-refractivity contribution in [2.45, 2.75) is 11.8 Å². The van der Waals surface area contributed by atoms with E-state index in [-0.39, 0.29) is 12.5 Å². The highest BCUT2D eigenvalue weighted by Gasteiger charge is 2.40. The van der Waals surface area contributed by atoms with Gasteiger partial charge >= 0.3 is 5.97 Å². The Morgan fingerprint density at radius 2 is 1.86 bits per heavy atom. The lowest BCUT2D eigenvalue weighted by molar-refractivity contribution is -0.147. The SMILES string of the molecule is COC(=O)C(CN)(Cc1cccc(N)c1)c1ccccc1. The highest BCUT2D eigenvalue weighted by atomic mass is 16.5. The van der Waals surface area contributed by atoms with Crippen LogP contribution in [0.3, 0.4) is 0 Å². The summed E-state index contributed by atoms with van der Waals surface area (Å²) in [7, 11) is 1.38. The van der Waals surface area contributed by atoms with Gasteiger partial charge in [0.1, 0.15) is 5.41 Å². The molecular formula is C17H20N2O2. The van der Waals surface area contributed by atoms with Crippen LogP contribution in [0.15, 0.2) is 54.6 Å². The molecule has 0 heterocycles. The molecule has 0 amide bonds. The Hall–Kier alpha value is -2.33. The van der Waals surface area contributed by atoms with Crippen molar-refractivity contribution in [3.63, 3.8) is 0 Å². The Balaban J connectivity index is 2.48. The van der Waals surface area contributed by atoms with E-state index in [2.05, 4.69) is 0 Å².